The van der Waals surface area contributed by atoms with E-state index < -0.39 is 11.5 Å². The smallest absolute Gasteiger partial charge is 0.357 e. The Bertz CT molecular complexity index is 1190. The van der Waals surface area contributed by atoms with Crippen LogP contribution in [0.4, 0.5) is 5.69 Å². The summed E-state index contributed by atoms with van der Waals surface area (Å²) in [5.41, 5.74) is 0.262. The molecule has 4 rings (SSSR count). The maximum Gasteiger partial charge on any atom is 0.357 e. The van der Waals surface area contributed by atoms with Crippen LogP contribution >= 0.6 is 11.6 Å². The molecule has 0 radical (unpaired) electrons. The summed E-state index contributed by atoms with van der Waals surface area (Å²) >= 11 is 6.05. The Morgan fingerprint density at radius 2 is 1.70 bits per heavy atom. The van der Waals surface area contributed by atoms with Gasteiger partial charge in [0.15, 0.2) is 5.69 Å². The highest BCUT2D eigenvalue weighted by atomic mass is 35.5. The Kier molecular flexibility index (Phi) is 5.41. The van der Waals surface area contributed by atoms with Gasteiger partial charge in [0, 0.05) is 42.3 Å². The second-order valence-corrected chi connectivity index (χ2v) is 7.45. The molecule has 9 heteroatoms. The molecule has 30 heavy (non-hydrogen) atoms. The van der Waals surface area contributed by atoms with Crippen molar-refractivity contribution in [2.75, 3.05) is 31.1 Å². The molecule has 0 saturated carbocycles. The molecule has 1 N–H and O–H groups in total. The van der Waals surface area contributed by atoms with Gasteiger partial charge in [0.25, 0.3) is 5.56 Å². The third-order valence-electron chi connectivity index (χ3n) is 5.16. The van der Waals surface area contributed by atoms with Crippen LogP contribution in [0.25, 0.3) is 10.8 Å². The lowest BCUT2D eigenvalue weighted by Gasteiger charge is -2.36. The van der Waals surface area contributed by atoms with Gasteiger partial charge in [0.05, 0.1) is 5.39 Å². The second-order valence-electron chi connectivity index (χ2n) is 7.01. The maximum atomic E-state index is 12.8. The summed E-state index contributed by atoms with van der Waals surface area (Å²) in [4.78, 5) is 40.8. The minimum atomic E-state index is -1.25. The lowest BCUT2D eigenvalue weighted by atomic mass is 10.1. The summed E-state index contributed by atoms with van der Waals surface area (Å²) in [5, 5.41) is 14.5. The standard InChI is InChI=1S/C21H19ClN4O4/c22-14-4-3-5-15(12-14)24-8-10-25(11-9-24)18(27)13-26-20(28)17-7-2-1-6-16(17)19(23-26)21(29)30/h1-7,12H,8-11,13H2,(H,29,30). The molecule has 2 heterocycles. The first-order valence-corrected chi connectivity index (χ1v) is 9.83. The molecule has 1 aliphatic rings. The van der Waals surface area contributed by atoms with Crippen LogP contribution in [0, 0.1) is 0 Å². The van der Waals surface area contributed by atoms with E-state index in [4.69, 9.17) is 11.6 Å². The summed E-state index contributed by atoms with van der Waals surface area (Å²) in [6.45, 7) is 1.93. The Morgan fingerprint density at radius 3 is 2.37 bits per heavy atom. The molecule has 1 fully saturated rings. The van der Waals surface area contributed by atoms with Gasteiger partial charge in [0.2, 0.25) is 5.91 Å². The summed E-state index contributed by atoms with van der Waals surface area (Å²) in [6, 6.07) is 13.9. The summed E-state index contributed by atoms with van der Waals surface area (Å²) in [7, 11) is 0. The number of piperazine rings is 1. The van der Waals surface area contributed by atoms with Gasteiger partial charge >= 0.3 is 5.97 Å². The van der Waals surface area contributed by atoms with Crippen LogP contribution in [-0.2, 0) is 11.3 Å². The monoisotopic (exact) mass is 426 g/mol. The maximum absolute atomic E-state index is 12.8. The lowest BCUT2D eigenvalue weighted by molar-refractivity contribution is -0.132. The van der Waals surface area contributed by atoms with E-state index in [0.29, 0.717) is 31.2 Å². The quantitative estimate of drug-likeness (QED) is 0.686. The number of halogens is 1. The molecule has 1 aromatic heterocycles. The molecule has 1 saturated heterocycles. The molecule has 0 aliphatic carbocycles. The zero-order chi connectivity index (χ0) is 21.3. The fourth-order valence-electron chi connectivity index (χ4n) is 3.62. The molecule has 2 aromatic carbocycles. The van der Waals surface area contributed by atoms with Crippen molar-refractivity contribution in [3.63, 3.8) is 0 Å². The zero-order valence-corrected chi connectivity index (χ0v) is 16.7. The number of amides is 1. The van der Waals surface area contributed by atoms with Crippen LogP contribution in [0.15, 0.2) is 53.3 Å². The third kappa shape index (κ3) is 3.86. The van der Waals surface area contributed by atoms with Gasteiger partial charge in [-0.15, -0.1) is 0 Å². The lowest BCUT2D eigenvalue weighted by Crippen LogP contribution is -2.50. The fraction of sp³-hybridized carbons (Fsp3) is 0.238. The minimum Gasteiger partial charge on any atom is -0.476 e. The zero-order valence-electron chi connectivity index (χ0n) is 16.0. The number of rotatable bonds is 4. The van der Waals surface area contributed by atoms with E-state index in [1.54, 1.807) is 17.0 Å². The predicted octanol–water partition coefficient (Wildman–Crippen LogP) is 2.10. The number of hydrogen-bond donors (Lipinski definition) is 1. The van der Waals surface area contributed by atoms with Gasteiger partial charge < -0.3 is 14.9 Å². The number of carbonyl (C=O) groups is 2. The number of carboxylic acid groups (broad SMARTS) is 1. The van der Waals surface area contributed by atoms with Crippen LogP contribution in [0.3, 0.4) is 0 Å². The Morgan fingerprint density at radius 1 is 1.00 bits per heavy atom. The van der Waals surface area contributed by atoms with E-state index in [-0.39, 0.29) is 28.9 Å². The molecular formula is C21H19ClN4O4. The highest BCUT2D eigenvalue weighted by Gasteiger charge is 2.23. The van der Waals surface area contributed by atoms with Crippen LogP contribution in [0.1, 0.15) is 10.5 Å². The van der Waals surface area contributed by atoms with Gasteiger partial charge in [-0.1, -0.05) is 35.9 Å². The highest BCUT2D eigenvalue weighted by Crippen LogP contribution is 2.21. The SMILES string of the molecule is O=C(O)c1nn(CC(=O)N2CCN(c3cccc(Cl)c3)CC2)c(=O)c2ccccc12. The molecule has 154 valence electrons. The topological polar surface area (TPSA) is 95.7 Å². The second kappa shape index (κ2) is 8.16. The van der Waals surface area contributed by atoms with Crippen molar-refractivity contribution in [1.29, 1.82) is 0 Å². The van der Waals surface area contributed by atoms with Crippen molar-refractivity contribution < 1.29 is 14.7 Å². The van der Waals surface area contributed by atoms with E-state index in [0.717, 1.165) is 10.4 Å². The third-order valence-corrected chi connectivity index (χ3v) is 5.40. The van der Waals surface area contributed by atoms with Gasteiger partial charge in [-0.3, -0.25) is 9.59 Å². The molecular weight excluding hydrogens is 408 g/mol. The van der Waals surface area contributed by atoms with E-state index in [2.05, 4.69) is 10.00 Å². The van der Waals surface area contributed by atoms with E-state index >= 15 is 0 Å². The van der Waals surface area contributed by atoms with Crippen molar-refractivity contribution >= 4 is 39.9 Å². The van der Waals surface area contributed by atoms with Crippen molar-refractivity contribution in [2.24, 2.45) is 0 Å². The summed E-state index contributed by atoms with van der Waals surface area (Å²) in [6.07, 6.45) is 0. The van der Waals surface area contributed by atoms with Crippen molar-refractivity contribution in [3.05, 3.63) is 69.6 Å². The largest absolute Gasteiger partial charge is 0.476 e. The predicted molar refractivity (Wildman–Crippen MR) is 113 cm³/mol. The number of fused-ring (bicyclic) bond motifs is 1. The highest BCUT2D eigenvalue weighted by molar-refractivity contribution is 6.30. The van der Waals surface area contributed by atoms with Crippen LogP contribution in [-0.4, -0.2) is 57.8 Å². The number of carbonyl (C=O) groups excluding carboxylic acids is 1. The minimum absolute atomic E-state index is 0.225. The number of benzene rings is 2. The van der Waals surface area contributed by atoms with Crippen LogP contribution in [0.5, 0.6) is 0 Å². The van der Waals surface area contributed by atoms with Crippen LogP contribution < -0.4 is 10.5 Å². The first kappa shape index (κ1) is 19.9. The number of aromatic nitrogens is 2. The molecule has 0 bridgehead atoms. The molecule has 1 amide bonds. The molecule has 3 aromatic rings. The van der Waals surface area contributed by atoms with E-state index in [1.165, 1.54) is 12.1 Å². The molecule has 8 nitrogen and oxygen atoms in total. The van der Waals surface area contributed by atoms with Gasteiger partial charge in [-0.2, -0.15) is 5.10 Å². The van der Waals surface area contributed by atoms with E-state index in [9.17, 15) is 19.5 Å². The Balaban J connectivity index is 1.51. The van der Waals surface area contributed by atoms with Crippen LogP contribution in [0.2, 0.25) is 5.02 Å². The number of carboxylic acids is 1. The average molecular weight is 427 g/mol. The number of nitrogens with zero attached hydrogens (tertiary/aromatic N) is 4. The van der Waals surface area contributed by atoms with Gasteiger partial charge in [-0.25, -0.2) is 9.48 Å². The average Bonchev–Trinajstić information content (AvgIpc) is 2.75. The molecule has 0 unspecified atom stereocenters. The Hall–Kier alpha value is -3.39. The molecule has 0 atom stereocenters. The fourth-order valence-corrected chi connectivity index (χ4v) is 3.80. The van der Waals surface area contributed by atoms with E-state index in [1.807, 2.05) is 24.3 Å². The normalized spacial score (nSPS) is 14.2. The number of hydrogen-bond acceptors (Lipinski definition) is 5. The first-order chi connectivity index (χ1) is 14.4. The molecule has 1 aliphatic heterocycles. The van der Waals surface area contributed by atoms with Gasteiger partial charge in [-0.05, 0) is 24.3 Å². The summed E-state index contributed by atoms with van der Waals surface area (Å²) < 4.78 is 0.942. The van der Waals surface area contributed by atoms with Crippen molar-refractivity contribution in [3.8, 4) is 0 Å². The summed E-state index contributed by atoms with van der Waals surface area (Å²) in [5.74, 6) is -1.52. The van der Waals surface area contributed by atoms with Crippen molar-refractivity contribution in [1.82, 2.24) is 14.7 Å². The number of anilines is 1. The number of aromatic carboxylic acids is 1. The molecule has 0 spiro atoms. The van der Waals surface area contributed by atoms with Crippen molar-refractivity contribution in [2.45, 2.75) is 6.54 Å². The Labute approximate surface area is 176 Å². The first-order valence-electron chi connectivity index (χ1n) is 9.45. The van der Waals surface area contributed by atoms with Gasteiger partial charge in [0.1, 0.15) is 6.54 Å².